The first-order valence-corrected chi connectivity index (χ1v) is 8.60. The molecule has 4 rings (SSSR count). The summed E-state index contributed by atoms with van der Waals surface area (Å²) in [6.07, 6.45) is 1.04. The summed E-state index contributed by atoms with van der Waals surface area (Å²) in [5.41, 5.74) is 8.01. The van der Waals surface area contributed by atoms with E-state index in [-0.39, 0.29) is 5.41 Å². The maximum atomic E-state index is 2.42. The van der Waals surface area contributed by atoms with Crippen LogP contribution >= 0.6 is 0 Å². The van der Waals surface area contributed by atoms with E-state index < -0.39 is 0 Å². The van der Waals surface area contributed by atoms with Crippen molar-refractivity contribution in [2.45, 2.75) is 32.6 Å². The number of fused-ring (bicyclic) bond motifs is 2. The topological polar surface area (TPSA) is 3.24 Å². The van der Waals surface area contributed by atoms with Gasteiger partial charge in [-0.25, -0.2) is 0 Å². The molecule has 3 aromatic carbocycles. The van der Waals surface area contributed by atoms with Gasteiger partial charge in [-0.3, -0.25) is 0 Å². The molecule has 0 radical (unpaired) electrons. The minimum Gasteiger partial charge on any atom is -0.310 e. The fraction of sp³-hybridized carbons (Fsp3) is 0.217. The third-order valence-corrected chi connectivity index (χ3v) is 5.00. The Hall–Kier alpha value is -2.54. The number of nitrogens with zero attached hydrogens (tertiary/aromatic N) is 1. The van der Waals surface area contributed by atoms with Crippen LogP contribution in [0.15, 0.2) is 72.8 Å². The highest BCUT2D eigenvalue weighted by molar-refractivity contribution is 5.82. The van der Waals surface area contributed by atoms with Crippen LogP contribution in [0.1, 0.15) is 30.5 Å². The first-order valence-electron chi connectivity index (χ1n) is 8.60. The van der Waals surface area contributed by atoms with Crippen LogP contribution in [0.4, 0.5) is 17.1 Å². The van der Waals surface area contributed by atoms with Crippen LogP contribution in [0.5, 0.6) is 0 Å². The summed E-state index contributed by atoms with van der Waals surface area (Å²) in [6.45, 7) is 6.85. The quantitative estimate of drug-likeness (QED) is 0.509. The predicted molar refractivity (Wildman–Crippen MR) is 103 cm³/mol. The van der Waals surface area contributed by atoms with Crippen molar-refractivity contribution in [1.29, 1.82) is 0 Å². The van der Waals surface area contributed by atoms with E-state index in [1.807, 2.05) is 0 Å². The summed E-state index contributed by atoms with van der Waals surface area (Å²) in [6, 6.07) is 26.4. The van der Waals surface area contributed by atoms with Gasteiger partial charge < -0.3 is 4.90 Å². The summed E-state index contributed by atoms with van der Waals surface area (Å²) in [7, 11) is 0. The maximum Gasteiger partial charge on any atom is 0.0499 e. The molecule has 0 aromatic heterocycles. The Labute approximate surface area is 144 Å². The van der Waals surface area contributed by atoms with E-state index in [2.05, 4.69) is 98.5 Å². The SMILES string of the molecule is Cc1cccc(N2c3ccccc3CC(C)(C)c3ccccc32)c1. The third-order valence-electron chi connectivity index (χ3n) is 5.00. The molecular weight excluding hydrogens is 290 g/mol. The Kier molecular flexibility index (Phi) is 3.45. The number of benzene rings is 3. The van der Waals surface area contributed by atoms with E-state index in [1.54, 1.807) is 0 Å². The molecule has 0 saturated heterocycles. The minimum atomic E-state index is 0.102. The molecule has 1 nitrogen and oxygen atoms in total. The van der Waals surface area contributed by atoms with Crippen LogP contribution in [-0.2, 0) is 11.8 Å². The average Bonchev–Trinajstić information content (AvgIpc) is 2.66. The van der Waals surface area contributed by atoms with Crippen molar-refractivity contribution in [2.75, 3.05) is 4.90 Å². The van der Waals surface area contributed by atoms with E-state index in [1.165, 1.54) is 33.8 Å². The monoisotopic (exact) mass is 313 g/mol. The fourth-order valence-electron chi connectivity index (χ4n) is 3.87. The molecular formula is C23H23N. The molecule has 3 aromatic rings. The van der Waals surface area contributed by atoms with Gasteiger partial charge in [-0.1, -0.05) is 62.4 Å². The summed E-state index contributed by atoms with van der Waals surface area (Å²) in [5, 5.41) is 0. The fourth-order valence-corrected chi connectivity index (χ4v) is 3.87. The van der Waals surface area contributed by atoms with Crippen LogP contribution in [0.25, 0.3) is 0 Å². The van der Waals surface area contributed by atoms with Gasteiger partial charge in [-0.05, 0) is 59.7 Å². The Bertz CT molecular complexity index is 892. The lowest BCUT2D eigenvalue weighted by Gasteiger charge is -2.29. The van der Waals surface area contributed by atoms with E-state index in [0.29, 0.717) is 0 Å². The van der Waals surface area contributed by atoms with Crippen LogP contribution in [0.2, 0.25) is 0 Å². The van der Waals surface area contributed by atoms with Crippen LogP contribution < -0.4 is 4.90 Å². The average molecular weight is 313 g/mol. The van der Waals surface area contributed by atoms with Crippen molar-refractivity contribution >= 4 is 17.1 Å². The van der Waals surface area contributed by atoms with Crippen molar-refractivity contribution < 1.29 is 0 Å². The van der Waals surface area contributed by atoms with Gasteiger partial charge in [0.1, 0.15) is 0 Å². The highest BCUT2D eigenvalue weighted by Crippen LogP contribution is 2.47. The van der Waals surface area contributed by atoms with Crippen LogP contribution in [0.3, 0.4) is 0 Å². The van der Waals surface area contributed by atoms with Crippen molar-refractivity contribution in [3.05, 3.63) is 89.5 Å². The summed E-state index contributed by atoms with van der Waals surface area (Å²) < 4.78 is 0. The summed E-state index contributed by atoms with van der Waals surface area (Å²) in [4.78, 5) is 2.42. The maximum absolute atomic E-state index is 2.42. The Balaban J connectivity index is 2.05. The molecule has 0 atom stereocenters. The Morgan fingerprint density at radius 2 is 1.50 bits per heavy atom. The zero-order chi connectivity index (χ0) is 16.7. The number of hydrogen-bond donors (Lipinski definition) is 0. The van der Waals surface area contributed by atoms with Crippen molar-refractivity contribution in [3.63, 3.8) is 0 Å². The molecule has 1 aliphatic heterocycles. The van der Waals surface area contributed by atoms with Crippen LogP contribution in [0, 0.1) is 6.92 Å². The van der Waals surface area contributed by atoms with Crippen molar-refractivity contribution in [3.8, 4) is 0 Å². The lowest BCUT2D eigenvalue weighted by atomic mass is 9.79. The second-order valence-corrected chi connectivity index (χ2v) is 7.38. The highest BCUT2D eigenvalue weighted by Gasteiger charge is 2.32. The van der Waals surface area contributed by atoms with Crippen molar-refractivity contribution in [1.82, 2.24) is 0 Å². The van der Waals surface area contributed by atoms with E-state index in [9.17, 15) is 0 Å². The molecule has 1 heteroatoms. The molecule has 0 unspecified atom stereocenters. The van der Waals surface area contributed by atoms with Gasteiger partial charge in [0.2, 0.25) is 0 Å². The van der Waals surface area contributed by atoms with Crippen LogP contribution in [-0.4, -0.2) is 0 Å². The minimum absolute atomic E-state index is 0.102. The molecule has 120 valence electrons. The third kappa shape index (κ3) is 2.41. The molecule has 24 heavy (non-hydrogen) atoms. The summed E-state index contributed by atoms with van der Waals surface area (Å²) >= 11 is 0. The molecule has 0 spiro atoms. The molecule has 0 aliphatic carbocycles. The highest BCUT2D eigenvalue weighted by atomic mass is 15.1. The van der Waals surface area contributed by atoms with Gasteiger partial charge in [0.25, 0.3) is 0 Å². The van der Waals surface area contributed by atoms with E-state index >= 15 is 0 Å². The zero-order valence-corrected chi connectivity index (χ0v) is 14.6. The predicted octanol–water partition coefficient (Wildman–Crippen LogP) is 6.30. The number of hydrogen-bond acceptors (Lipinski definition) is 1. The number of aryl methyl sites for hydroxylation is 1. The first kappa shape index (κ1) is 15.0. The van der Waals surface area contributed by atoms with Gasteiger partial charge in [0.05, 0.1) is 0 Å². The van der Waals surface area contributed by atoms with Gasteiger partial charge in [0, 0.05) is 17.1 Å². The van der Waals surface area contributed by atoms with Gasteiger partial charge >= 0.3 is 0 Å². The Morgan fingerprint density at radius 3 is 2.29 bits per heavy atom. The van der Waals surface area contributed by atoms with Gasteiger partial charge in [0.15, 0.2) is 0 Å². The molecule has 0 fully saturated rings. The number of para-hydroxylation sites is 2. The molecule has 0 saturated carbocycles. The molecule has 1 heterocycles. The second-order valence-electron chi connectivity index (χ2n) is 7.38. The van der Waals surface area contributed by atoms with E-state index in [4.69, 9.17) is 0 Å². The standard InChI is InChI=1S/C23H23N/c1-17-9-8-11-19(15-17)24-21-13-6-4-10-18(21)16-23(2,3)20-12-5-7-14-22(20)24/h4-15H,16H2,1-3H3. The lowest BCUT2D eigenvalue weighted by Crippen LogP contribution is -2.20. The normalized spacial score (nSPS) is 15.4. The summed E-state index contributed by atoms with van der Waals surface area (Å²) in [5.74, 6) is 0. The number of rotatable bonds is 1. The number of anilines is 3. The smallest absolute Gasteiger partial charge is 0.0499 e. The largest absolute Gasteiger partial charge is 0.310 e. The van der Waals surface area contributed by atoms with Gasteiger partial charge in [-0.2, -0.15) is 0 Å². The van der Waals surface area contributed by atoms with E-state index in [0.717, 1.165) is 6.42 Å². The second kappa shape index (κ2) is 5.52. The molecule has 0 bridgehead atoms. The van der Waals surface area contributed by atoms with Gasteiger partial charge in [-0.15, -0.1) is 0 Å². The van der Waals surface area contributed by atoms with Crippen molar-refractivity contribution in [2.24, 2.45) is 0 Å². The molecule has 1 aliphatic rings. The Morgan fingerprint density at radius 1 is 0.792 bits per heavy atom. The molecule has 0 N–H and O–H groups in total. The first-order chi connectivity index (χ1) is 11.6. The zero-order valence-electron chi connectivity index (χ0n) is 14.6. The lowest BCUT2D eigenvalue weighted by molar-refractivity contribution is 0.528. The molecule has 0 amide bonds.